The van der Waals surface area contributed by atoms with Crippen LogP contribution in [0, 0.1) is 13.8 Å². The van der Waals surface area contributed by atoms with Gasteiger partial charge in [0.15, 0.2) is 0 Å². The molecule has 0 aliphatic carbocycles. The minimum atomic E-state index is -0.793. The number of hydrogen-bond acceptors (Lipinski definition) is 5. The Kier molecular flexibility index (Phi) is 8.32. The Bertz CT molecular complexity index is 1430. The lowest BCUT2D eigenvalue weighted by molar-refractivity contribution is -0.141. The van der Waals surface area contributed by atoms with Crippen molar-refractivity contribution >= 4 is 22.8 Å². The molecule has 39 heavy (non-hydrogen) atoms. The maximum Gasteiger partial charge on any atom is 0.247 e. The van der Waals surface area contributed by atoms with Crippen LogP contribution in [0.25, 0.3) is 11.0 Å². The minimum absolute atomic E-state index is 0.00516. The average Bonchev–Trinajstić information content (AvgIpc) is 3.61. The molecule has 2 amide bonds. The molecular weight excluding hydrogens is 490 g/mol. The van der Waals surface area contributed by atoms with E-state index in [4.69, 9.17) is 4.74 Å². The largest absolute Gasteiger partial charge is 0.376 e. The molecule has 8 heteroatoms. The van der Waals surface area contributed by atoms with Gasteiger partial charge in [-0.3, -0.25) is 9.59 Å². The van der Waals surface area contributed by atoms with Crippen molar-refractivity contribution in [1.82, 2.24) is 25.2 Å². The van der Waals surface area contributed by atoms with Gasteiger partial charge in [-0.15, -0.1) is 5.10 Å². The number of carbonyl (C=O) groups is 2. The van der Waals surface area contributed by atoms with Crippen molar-refractivity contribution in [1.29, 1.82) is 0 Å². The van der Waals surface area contributed by atoms with Gasteiger partial charge in [0.1, 0.15) is 18.1 Å². The van der Waals surface area contributed by atoms with Crippen molar-refractivity contribution in [3.05, 3.63) is 95.1 Å². The molecular formula is C31H35N5O3. The zero-order valence-electron chi connectivity index (χ0n) is 22.5. The first kappa shape index (κ1) is 26.6. The third kappa shape index (κ3) is 6.52. The minimum Gasteiger partial charge on any atom is -0.376 e. The van der Waals surface area contributed by atoms with Crippen LogP contribution < -0.4 is 5.32 Å². The summed E-state index contributed by atoms with van der Waals surface area (Å²) in [6.45, 7) is 5.56. The van der Waals surface area contributed by atoms with Gasteiger partial charge in [0, 0.05) is 19.7 Å². The quantitative estimate of drug-likeness (QED) is 0.336. The molecule has 0 radical (unpaired) electrons. The highest BCUT2D eigenvalue weighted by molar-refractivity contribution is 5.89. The second-order valence-corrected chi connectivity index (χ2v) is 10.3. The molecule has 1 aliphatic heterocycles. The third-order valence-corrected chi connectivity index (χ3v) is 7.23. The van der Waals surface area contributed by atoms with Gasteiger partial charge in [-0.1, -0.05) is 77.0 Å². The summed E-state index contributed by atoms with van der Waals surface area (Å²) in [4.78, 5) is 29.5. The summed E-state index contributed by atoms with van der Waals surface area (Å²) < 4.78 is 7.33. The number of benzene rings is 3. The molecule has 5 rings (SSSR count). The fraction of sp³-hybridized carbons (Fsp3) is 0.355. The number of fused-ring (bicyclic) bond motifs is 1. The first-order valence-corrected chi connectivity index (χ1v) is 13.6. The van der Waals surface area contributed by atoms with Gasteiger partial charge < -0.3 is 15.0 Å². The first-order chi connectivity index (χ1) is 19.0. The lowest BCUT2D eigenvalue weighted by Gasteiger charge is -2.32. The van der Waals surface area contributed by atoms with E-state index < -0.39 is 6.04 Å². The number of para-hydroxylation sites is 1. The summed E-state index contributed by atoms with van der Waals surface area (Å²) >= 11 is 0. The maximum atomic E-state index is 14.0. The number of aromatic nitrogens is 3. The number of carbonyl (C=O) groups excluding carboxylic acids is 2. The lowest BCUT2D eigenvalue weighted by atomic mass is 10.0. The van der Waals surface area contributed by atoms with E-state index in [9.17, 15) is 9.59 Å². The second-order valence-electron chi connectivity index (χ2n) is 10.3. The van der Waals surface area contributed by atoms with Crippen LogP contribution in [0.5, 0.6) is 0 Å². The normalized spacial score (nSPS) is 15.8. The molecule has 8 nitrogen and oxygen atoms in total. The Balaban J connectivity index is 1.46. The van der Waals surface area contributed by atoms with Crippen LogP contribution in [-0.2, 0) is 27.3 Å². The molecule has 1 saturated heterocycles. The van der Waals surface area contributed by atoms with Crippen LogP contribution in [0.2, 0.25) is 0 Å². The van der Waals surface area contributed by atoms with Crippen molar-refractivity contribution in [3.63, 3.8) is 0 Å². The second kappa shape index (κ2) is 12.2. The van der Waals surface area contributed by atoms with Crippen LogP contribution in [0.4, 0.5) is 0 Å². The van der Waals surface area contributed by atoms with Gasteiger partial charge in [-0.2, -0.15) is 0 Å². The van der Waals surface area contributed by atoms with E-state index >= 15 is 0 Å². The van der Waals surface area contributed by atoms with Crippen molar-refractivity contribution in [2.24, 2.45) is 0 Å². The van der Waals surface area contributed by atoms with Gasteiger partial charge in [0.05, 0.1) is 11.6 Å². The van der Waals surface area contributed by atoms with Crippen molar-refractivity contribution < 1.29 is 14.3 Å². The van der Waals surface area contributed by atoms with Crippen LogP contribution in [0.15, 0.2) is 72.8 Å². The summed E-state index contributed by atoms with van der Waals surface area (Å²) in [5.41, 5.74) is 5.63. The summed E-state index contributed by atoms with van der Waals surface area (Å²) in [7, 11) is 0. The van der Waals surface area contributed by atoms with Gasteiger partial charge in [0.2, 0.25) is 11.8 Å². The topological polar surface area (TPSA) is 89.4 Å². The van der Waals surface area contributed by atoms with Gasteiger partial charge in [0.25, 0.3) is 0 Å². The van der Waals surface area contributed by atoms with Crippen molar-refractivity contribution in [2.75, 3.05) is 19.7 Å². The first-order valence-electron chi connectivity index (χ1n) is 13.6. The average molecular weight is 526 g/mol. The predicted molar refractivity (Wildman–Crippen MR) is 150 cm³/mol. The number of nitrogens with zero attached hydrogens (tertiary/aromatic N) is 4. The number of ether oxygens (including phenoxy) is 1. The maximum absolute atomic E-state index is 14.0. The van der Waals surface area contributed by atoms with E-state index in [0.717, 1.165) is 52.7 Å². The predicted octanol–water partition coefficient (Wildman–Crippen LogP) is 4.16. The molecule has 1 N–H and O–H groups in total. The molecule has 202 valence electrons. The molecule has 0 unspecified atom stereocenters. The molecule has 0 spiro atoms. The van der Waals surface area contributed by atoms with E-state index in [1.165, 1.54) is 0 Å². The third-order valence-electron chi connectivity index (χ3n) is 7.23. The summed E-state index contributed by atoms with van der Waals surface area (Å²) in [5.74, 6) is -0.411. The number of rotatable bonds is 10. The van der Waals surface area contributed by atoms with Crippen LogP contribution in [-0.4, -0.2) is 57.5 Å². The SMILES string of the molecule is Cc1ccc([C@H](C(=O)NC[C@H]2CCCO2)N(CCc2cccc(C)c2)C(=O)Cn2nnc3ccccc32)cc1. The molecule has 0 bridgehead atoms. The number of nitrogens with one attached hydrogen (secondary N) is 1. The molecule has 0 saturated carbocycles. The monoisotopic (exact) mass is 525 g/mol. The molecule has 2 atom stereocenters. The fourth-order valence-electron chi connectivity index (χ4n) is 5.11. The zero-order valence-corrected chi connectivity index (χ0v) is 22.5. The van der Waals surface area contributed by atoms with Crippen molar-refractivity contribution in [2.45, 2.75) is 51.8 Å². The Morgan fingerprint density at radius 3 is 2.64 bits per heavy atom. The Labute approximate surface area is 229 Å². The number of hydrogen-bond donors (Lipinski definition) is 1. The molecule has 3 aromatic carbocycles. The van der Waals surface area contributed by atoms with Gasteiger partial charge in [-0.25, -0.2) is 4.68 Å². The van der Waals surface area contributed by atoms with E-state index in [1.807, 2.05) is 61.5 Å². The van der Waals surface area contributed by atoms with Gasteiger partial charge in [-0.05, 0) is 56.4 Å². The highest BCUT2D eigenvalue weighted by Crippen LogP contribution is 2.24. The summed E-state index contributed by atoms with van der Waals surface area (Å²) in [6, 6.07) is 22.8. The number of aryl methyl sites for hydroxylation is 2. The highest BCUT2D eigenvalue weighted by Gasteiger charge is 2.32. The van der Waals surface area contributed by atoms with Crippen molar-refractivity contribution in [3.8, 4) is 0 Å². The Morgan fingerprint density at radius 2 is 1.87 bits per heavy atom. The van der Waals surface area contributed by atoms with Crippen LogP contribution in [0.1, 0.15) is 41.1 Å². The number of amides is 2. The lowest BCUT2D eigenvalue weighted by Crippen LogP contribution is -2.47. The van der Waals surface area contributed by atoms with E-state index in [-0.39, 0.29) is 24.5 Å². The molecule has 1 fully saturated rings. The summed E-state index contributed by atoms with van der Waals surface area (Å²) in [6.07, 6.45) is 2.54. The Morgan fingerprint density at radius 1 is 1.05 bits per heavy atom. The van der Waals surface area contributed by atoms with E-state index in [0.29, 0.717) is 19.5 Å². The summed E-state index contributed by atoms with van der Waals surface area (Å²) in [5, 5.41) is 11.5. The smallest absolute Gasteiger partial charge is 0.247 e. The zero-order chi connectivity index (χ0) is 27.2. The molecule has 1 aromatic heterocycles. The molecule has 2 heterocycles. The van der Waals surface area contributed by atoms with Gasteiger partial charge >= 0.3 is 0 Å². The van der Waals surface area contributed by atoms with E-state index in [1.54, 1.807) is 9.58 Å². The van der Waals surface area contributed by atoms with E-state index in [2.05, 4.69) is 40.8 Å². The van der Waals surface area contributed by atoms with Crippen LogP contribution in [0.3, 0.4) is 0 Å². The highest BCUT2D eigenvalue weighted by atomic mass is 16.5. The fourth-order valence-corrected chi connectivity index (χ4v) is 5.11. The molecule has 4 aromatic rings. The standard InChI is InChI=1S/C31H35N5O3/c1-22-12-14-25(15-13-22)30(31(38)32-20-26-9-6-18-39-26)35(17-16-24-8-5-7-23(2)19-24)29(37)21-36-28-11-4-3-10-27(28)33-34-36/h3-5,7-8,10-15,19,26,30H,6,9,16-18,20-21H2,1-2H3,(H,32,38)/t26-,30-/m1/s1. The molecule has 1 aliphatic rings. The Hall–Kier alpha value is -4.04. The van der Waals surface area contributed by atoms with Crippen LogP contribution >= 0.6 is 0 Å².